The Morgan fingerprint density at radius 2 is 2.11 bits per heavy atom. The van der Waals surface area contributed by atoms with Crippen LogP contribution in [0, 0.1) is 5.92 Å². The van der Waals surface area contributed by atoms with E-state index in [2.05, 4.69) is 28.9 Å². The van der Waals surface area contributed by atoms with Crippen LogP contribution in [0.5, 0.6) is 0 Å². The van der Waals surface area contributed by atoms with E-state index in [1.165, 1.54) is 44.3 Å². The zero-order chi connectivity index (χ0) is 12.8. The molecule has 0 spiro atoms. The van der Waals surface area contributed by atoms with Crippen LogP contribution in [0.4, 0.5) is 0 Å². The normalized spacial score (nSPS) is 25.9. The molecule has 1 fully saturated rings. The van der Waals surface area contributed by atoms with Crippen molar-refractivity contribution >= 4 is 0 Å². The standard InChI is InChI=1S/C15H25N3/c1-2-10-18-11-4-3-5-14(12-16)15(18)13-6-8-17-9-7-13/h6-9,14-15H,2-5,10-12,16H2,1H3. The predicted molar refractivity (Wildman–Crippen MR) is 75.2 cm³/mol. The van der Waals surface area contributed by atoms with Crippen LogP contribution in [-0.4, -0.2) is 29.5 Å². The molecule has 0 radical (unpaired) electrons. The Morgan fingerprint density at radius 1 is 1.33 bits per heavy atom. The molecular weight excluding hydrogens is 222 g/mol. The fourth-order valence-electron chi connectivity index (χ4n) is 3.14. The number of hydrogen-bond acceptors (Lipinski definition) is 3. The third-order valence-electron chi connectivity index (χ3n) is 3.97. The molecule has 0 amide bonds. The molecular formula is C15H25N3. The second-order valence-corrected chi connectivity index (χ2v) is 5.25. The molecule has 3 heteroatoms. The van der Waals surface area contributed by atoms with E-state index in [9.17, 15) is 0 Å². The van der Waals surface area contributed by atoms with Gasteiger partial charge in [0, 0.05) is 18.4 Å². The average molecular weight is 247 g/mol. The molecule has 1 aromatic rings. The second kappa shape index (κ2) is 6.86. The van der Waals surface area contributed by atoms with Crippen LogP contribution in [-0.2, 0) is 0 Å². The van der Waals surface area contributed by atoms with E-state index in [-0.39, 0.29) is 0 Å². The molecule has 2 N–H and O–H groups in total. The van der Waals surface area contributed by atoms with Gasteiger partial charge in [0.05, 0.1) is 0 Å². The topological polar surface area (TPSA) is 42.1 Å². The second-order valence-electron chi connectivity index (χ2n) is 5.25. The zero-order valence-electron chi connectivity index (χ0n) is 11.4. The quantitative estimate of drug-likeness (QED) is 0.889. The number of nitrogens with two attached hydrogens (primary N) is 1. The number of rotatable bonds is 4. The number of aromatic nitrogens is 1. The van der Waals surface area contributed by atoms with Gasteiger partial charge >= 0.3 is 0 Å². The molecule has 2 heterocycles. The lowest BCUT2D eigenvalue weighted by Gasteiger charge is -2.34. The van der Waals surface area contributed by atoms with Gasteiger partial charge in [-0.25, -0.2) is 0 Å². The maximum atomic E-state index is 6.02. The van der Waals surface area contributed by atoms with Gasteiger partial charge < -0.3 is 5.73 Å². The highest BCUT2D eigenvalue weighted by molar-refractivity contribution is 5.17. The number of nitrogens with zero attached hydrogens (tertiary/aromatic N) is 2. The molecule has 0 aromatic carbocycles. The zero-order valence-corrected chi connectivity index (χ0v) is 11.4. The van der Waals surface area contributed by atoms with E-state index >= 15 is 0 Å². The molecule has 3 nitrogen and oxygen atoms in total. The lowest BCUT2D eigenvalue weighted by atomic mass is 9.89. The fraction of sp³-hybridized carbons (Fsp3) is 0.667. The molecule has 1 aliphatic heterocycles. The predicted octanol–water partition coefficient (Wildman–Crippen LogP) is 2.59. The van der Waals surface area contributed by atoms with E-state index in [0.29, 0.717) is 12.0 Å². The molecule has 1 aliphatic rings. The Morgan fingerprint density at radius 3 is 2.78 bits per heavy atom. The van der Waals surface area contributed by atoms with Crippen LogP contribution in [0.25, 0.3) is 0 Å². The summed E-state index contributed by atoms with van der Waals surface area (Å²) in [5.74, 6) is 0.585. The molecule has 2 unspecified atom stereocenters. The van der Waals surface area contributed by atoms with Gasteiger partial charge in [-0.3, -0.25) is 9.88 Å². The van der Waals surface area contributed by atoms with Gasteiger partial charge in [0.25, 0.3) is 0 Å². The Labute approximate surface area is 110 Å². The highest BCUT2D eigenvalue weighted by Crippen LogP contribution is 2.34. The van der Waals surface area contributed by atoms with Gasteiger partial charge in [0.1, 0.15) is 0 Å². The maximum absolute atomic E-state index is 6.02. The molecule has 0 bridgehead atoms. The van der Waals surface area contributed by atoms with Crippen molar-refractivity contribution < 1.29 is 0 Å². The van der Waals surface area contributed by atoms with Crippen LogP contribution in [0.2, 0.25) is 0 Å². The molecule has 1 aromatic heterocycles. The minimum Gasteiger partial charge on any atom is -0.330 e. The lowest BCUT2D eigenvalue weighted by molar-refractivity contribution is 0.158. The molecule has 0 aliphatic carbocycles. The van der Waals surface area contributed by atoms with Crippen LogP contribution in [0.3, 0.4) is 0 Å². The van der Waals surface area contributed by atoms with Gasteiger partial charge in [-0.2, -0.15) is 0 Å². The first-order valence-corrected chi connectivity index (χ1v) is 7.20. The summed E-state index contributed by atoms with van der Waals surface area (Å²) in [5, 5.41) is 0. The Bertz CT molecular complexity index is 339. The summed E-state index contributed by atoms with van der Waals surface area (Å²) in [5.41, 5.74) is 7.40. The summed E-state index contributed by atoms with van der Waals surface area (Å²) in [7, 11) is 0. The van der Waals surface area contributed by atoms with Crippen molar-refractivity contribution in [2.24, 2.45) is 11.7 Å². The molecule has 100 valence electrons. The molecule has 2 atom stereocenters. The first-order valence-electron chi connectivity index (χ1n) is 7.20. The van der Waals surface area contributed by atoms with Crippen molar-refractivity contribution in [1.29, 1.82) is 0 Å². The van der Waals surface area contributed by atoms with Crippen molar-refractivity contribution in [1.82, 2.24) is 9.88 Å². The van der Waals surface area contributed by atoms with E-state index in [1.807, 2.05) is 12.4 Å². The summed E-state index contributed by atoms with van der Waals surface area (Å²) in [6.45, 7) is 5.42. The smallest absolute Gasteiger partial charge is 0.0389 e. The van der Waals surface area contributed by atoms with Crippen LogP contribution >= 0.6 is 0 Å². The van der Waals surface area contributed by atoms with E-state index < -0.39 is 0 Å². The Kier molecular flexibility index (Phi) is 5.14. The Hall–Kier alpha value is -0.930. The minimum absolute atomic E-state index is 0.487. The van der Waals surface area contributed by atoms with E-state index in [4.69, 9.17) is 5.73 Å². The van der Waals surface area contributed by atoms with Gasteiger partial charge in [-0.05, 0) is 62.5 Å². The SMILES string of the molecule is CCCN1CCCCC(CN)C1c1ccncc1. The average Bonchev–Trinajstić information content (AvgIpc) is 2.62. The number of likely N-dealkylation sites (tertiary alicyclic amines) is 1. The van der Waals surface area contributed by atoms with Gasteiger partial charge in [-0.15, -0.1) is 0 Å². The summed E-state index contributed by atoms with van der Waals surface area (Å²) in [6, 6.07) is 4.79. The highest BCUT2D eigenvalue weighted by Gasteiger charge is 2.29. The van der Waals surface area contributed by atoms with Crippen LogP contribution < -0.4 is 5.73 Å². The summed E-state index contributed by atoms with van der Waals surface area (Å²) >= 11 is 0. The number of hydrogen-bond donors (Lipinski definition) is 1. The fourth-order valence-corrected chi connectivity index (χ4v) is 3.14. The maximum Gasteiger partial charge on any atom is 0.0389 e. The summed E-state index contributed by atoms with van der Waals surface area (Å²) in [4.78, 5) is 6.76. The third-order valence-corrected chi connectivity index (χ3v) is 3.97. The van der Waals surface area contributed by atoms with E-state index in [0.717, 1.165) is 6.54 Å². The van der Waals surface area contributed by atoms with Crippen molar-refractivity contribution in [3.8, 4) is 0 Å². The largest absolute Gasteiger partial charge is 0.330 e. The van der Waals surface area contributed by atoms with Crippen molar-refractivity contribution in [3.63, 3.8) is 0 Å². The molecule has 18 heavy (non-hydrogen) atoms. The van der Waals surface area contributed by atoms with Crippen molar-refractivity contribution in [2.75, 3.05) is 19.6 Å². The first kappa shape index (κ1) is 13.5. The molecule has 2 rings (SSSR count). The highest BCUT2D eigenvalue weighted by atomic mass is 15.2. The number of pyridine rings is 1. The summed E-state index contributed by atoms with van der Waals surface area (Å²) < 4.78 is 0. The minimum atomic E-state index is 0.487. The monoisotopic (exact) mass is 247 g/mol. The Balaban J connectivity index is 2.26. The van der Waals surface area contributed by atoms with Crippen LogP contribution in [0.1, 0.15) is 44.2 Å². The molecule has 1 saturated heterocycles. The molecule has 0 saturated carbocycles. The van der Waals surface area contributed by atoms with Crippen LogP contribution in [0.15, 0.2) is 24.5 Å². The summed E-state index contributed by atoms with van der Waals surface area (Å²) in [6.07, 6.45) is 8.88. The van der Waals surface area contributed by atoms with Gasteiger partial charge in [-0.1, -0.05) is 13.3 Å². The first-order chi connectivity index (χ1) is 8.86. The van der Waals surface area contributed by atoms with E-state index in [1.54, 1.807) is 0 Å². The van der Waals surface area contributed by atoms with Gasteiger partial charge in [0.2, 0.25) is 0 Å². The van der Waals surface area contributed by atoms with Gasteiger partial charge in [0.15, 0.2) is 0 Å². The van der Waals surface area contributed by atoms with Crippen molar-refractivity contribution in [2.45, 2.75) is 38.6 Å². The van der Waals surface area contributed by atoms with Crippen molar-refractivity contribution in [3.05, 3.63) is 30.1 Å². The lowest BCUT2D eigenvalue weighted by Crippen LogP contribution is -2.36. The third kappa shape index (κ3) is 3.09.